The average molecular weight is 476 g/mol. The zero-order valence-electron chi connectivity index (χ0n) is 18.6. The number of anilines is 3. The third kappa shape index (κ3) is 4.65. The van der Waals surface area contributed by atoms with Crippen LogP contribution in [0.1, 0.15) is 22.8 Å². The number of rotatable bonds is 7. The molecule has 3 amide bonds. The zero-order valence-corrected chi connectivity index (χ0v) is 19.3. The summed E-state index contributed by atoms with van der Waals surface area (Å²) in [6.07, 6.45) is 0. The van der Waals surface area contributed by atoms with E-state index < -0.39 is 11.8 Å². The molecule has 0 bridgehead atoms. The number of carbonyl (C=O) groups is 3. The largest absolute Gasteiger partial charge is 0.494 e. The van der Waals surface area contributed by atoms with E-state index in [0.29, 0.717) is 35.0 Å². The van der Waals surface area contributed by atoms with Gasteiger partial charge >= 0.3 is 0 Å². The molecule has 172 valence electrons. The molecule has 0 atom stereocenters. The lowest BCUT2D eigenvalue weighted by Crippen LogP contribution is -2.32. The maximum absolute atomic E-state index is 13.0. The van der Waals surface area contributed by atoms with Crippen molar-refractivity contribution in [2.45, 2.75) is 13.8 Å². The van der Waals surface area contributed by atoms with Crippen LogP contribution in [0.15, 0.2) is 83.5 Å². The summed E-state index contributed by atoms with van der Waals surface area (Å²) in [6.45, 7) is 4.26. The summed E-state index contributed by atoms with van der Waals surface area (Å²) >= 11 is 6.23. The van der Waals surface area contributed by atoms with Gasteiger partial charge in [0.05, 0.1) is 12.3 Å². The van der Waals surface area contributed by atoms with E-state index in [2.05, 4.69) is 10.6 Å². The minimum Gasteiger partial charge on any atom is -0.494 e. The van der Waals surface area contributed by atoms with Gasteiger partial charge in [0.2, 0.25) is 0 Å². The number of aryl methyl sites for hydroxylation is 1. The van der Waals surface area contributed by atoms with Crippen molar-refractivity contribution < 1.29 is 19.1 Å². The van der Waals surface area contributed by atoms with Gasteiger partial charge in [-0.1, -0.05) is 35.9 Å². The highest BCUT2D eigenvalue weighted by Gasteiger charge is 2.39. The van der Waals surface area contributed by atoms with Crippen LogP contribution in [0.4, 0.5) is 17.1 Å². The van der Waals surface area contributed by atoms with E-state index in [1.54, 1.807) is 60.7 Å². The average Bonchev–Trinajstić information content (AvgIpc) is 3.04. The van der Waals surface area contributed by atoms with Gasteiger partial charge in [-0.25, -0.2) is 4.90 Å². The molecule has 0 unspecified atom stereocenters. The third-order valence-electron chi connectivity index (χ3n) is 5.20. The minimum atomic E-state index is -0.604. The van der Waals surface area contributed by atoms with Gasteiger partial charge in [-0.05, 0) is 67.9 Å². The van der Waals surface area contributed by atoms with Crippen LogP contribution in [0.2, 0.25) is 0 Å². The molecule has 0 aliphatic carbocycles. The Labute approximate surface area is 202 Å². The van der Waals surface area contributed by atoms with Crippen LogP contribution in [-0.4, -0.2) is 24.3 Å². The number of hydrogen-bond donors (Lipinski definition) is 2. The third-order valence-corrected chi connectivity index (χ3v) is 5.55. The van der Waals surface area contributed by atoms with Crippen LogP contribution >= 0.6 is 11.6 Å². The first-order chi connectivity index (χ1) is 16.4. The Morgan fingerprint density at radius 3 is 2.38 bits per heavy atom. The van der Waals surface area contributed by atoms with E-state index in [-0.39, 0.29) is 16.6 Å². The second-order valence-electron chi connectivity index (χ2n) is 7.54. The van der Waals surface area contributed by atoms with Crippen LogP contribution in [0.25, 0.3) is 0 Å². The highest BCUT2D eigenvalue weighted by molar-refractivity contribution is 6.53. The number of carbonyl (C=O) groups excluding carboxylic acids is 3. The van der Waals surface area contributed by atoms with Gasteiger partial charge in [0.1, 0.15) is 16.5 Å². The number of nitrogens with one attached hydrogen (secondary N) is 2. The molecule has 0 spiro atoms. The Hall–Kier alpha value is -4.10. The predicted molar refractivity (Wildman–Crippen MR) is 132 cm³/mol. The van der Waals surface area contributed by atoms with E-state index in [0.717, 1.165) is 10.5 Å². The molecular weight excluding hydrogens is 454 g/mol. The molecule has 0 aromatic heterocycles. The minimum absolute atomic E-state index is 0.0426. The van der Waals surface area contributed by atoms with Crippen molar-refractivity contribution in [1.29, 1.82) is 0 Å². The van der Waals surface area contributed by atoms with Gasteiger partial charge in [-0.3, -0.25) is 14.4 Å². The highest BCUT2D eigenvalue weighted by atomic mass is 35.5. The molecule has 3 aromatic carbocycles. The molecule has 0 saturated carbocycles. The van der Waals surface area contributed by atoms with Crippen molar-refractivity contribution in [2.75, 3.05) is 22.1 Å². The van der Waals surface area contributed by atoms with Crippen LogP contribution in [0.5, 0.6) is 5.75 Å². The number of para-hydroxylation sites is 1. The number of imide groups is 1. The predicted octanol–water partition coefficient (Wildman–Crippen LogP) is 5.08. The maximum Gasteiger partial charge on any atom is 0.283 e. The molecule has 0 saturated heterocycles. The van der Waals surface area contributed by atoms with Gasteiger partial charge in [-0.15, -0.1) is 0 Å². The molecule has 7 nitrogen and oxygen atoms in total. The number of ether oxygens (including phenoxy) is 1. The van der Waals surface area contributed by atoms with Crippen molar-refractivity contribution in [2.24, 2.45) is 0 Å². The second-order valence-corrected chi connectivity index (χ2v) is 7.92. The Bertz CT molecular complexity index is 1300. The fourth-order valence-corrected chi connectivity index (χ4v) is 3.74. The molecule has 1 heterocycles. The fraction of sp³-hybridized carbons (Fsp3) is 0.115. The normalized spacial score (nSPS) is 13.3. The van der Waals surface area contributed by atoms with E-state index in [1.165, 1.54) is 0 Å². The summed E-state index contributed by atoms with van der Waals surface area (Å²) in [5, 5.41) is 5.52. The smallest absolute Gasteiger partial charge is 0.283 e. The Kier molecular flexibility index (Phi) is 6.65. The number of halogens is 1. The first-order valence-electron chi connectivity index (χ1n) is 10.6. The topological polar surface area (TPSA) is 87.7 Å². The molecule has 0 radical (unpaired) electrons. The first-order valence-corrected chi connectivity index (χ1v) is 11.0. The Morgan fingerprint density at radius 2 is 1.68 bits per heavy atom. The maximum atomic E-state index is 13.0. The van der Waals surface area contributed by atoms with Crippen LogP contribution in [0, 0.1) is 6.92 Å². The zero-order chi connectivity index (χ0) is 24.2. The molecular formula is C26H22ClN3O4. The van der Waals surface area contributed by atoms with Crippen LogP contribution in [0.3, 0.4) is 0 Å². The van der Waals surface area contributed by atoms with Crippen molar-refractivity contribution >= 4 is 46.4 Å². The molecule has 8 heteroatoms. The monoisotopic (exact) mass is 475 g/mol. The summed E-state index contributed by atoms with van der Waals surface area (Å²) in [5.74, 6) is -0.781. The lowest BCUT2D eigenvalue weighted by atomic mass is 10.1. The quantitative estimate of drug-likeness (QED) is 0.465. The van der Waals surface area contributed by atoms with Crippen LogP contribution in [-0.2, 0) is 9.59 Å². The summed E-state index contributed by atoms with van der Waals surface area (Å²) in [5.41, 5.74) is 2.62. The number of hydrogen-bond acceptors (Lipinski definition) is 5. The van der Waals surface area contributed by atoms with Crippen molar-refractivity contribution in [3.8, 4) is 5.75 Å². The van der Waals surface area contributed by atoms with Crippen molar-refractivity contribution in [3.05, 3.63) is 94.7 Å². The number of amides is 3. The highest BCUT2D eigenvalue weighted by Crippen LogP contribution is 2.32. The standard InChI is InChI=1S/C26H22ClN3O4/c1-3-34-20-13-11-18(12-14-20)29-24(31)17-8-6-9-19(15-17)28-23-22(27)25(32)30(26(23)33)21-10-5-4-7-16(21)2/h4-15,28H,3H2,1-2H3,(H,29,31). The Morgan fingerprint density at radius 1 is 0.941 bits per heavy atom. The summed E-state index contributed by atoms with van der Waals surface area (Å²) < 4.78 is 5.41. The fourth-order valence-electron chi connectivity index (χ4n) is 3.53. The second kappa shape index (κ2) is 9.80. The Balaban J connectivity index is 1.51. The summed E-state index contributed by atoms with van der Waals surface area (Å²) in [4.78, 5) is 39.5. The molecule has 1 aliphatic rings. The number of benzene rings is 3. The molecule has 34 heavy (non-hydrogen) atoms. The van der Waals surface area contributed by atoms with E-state index >= 15 is 0 Å². The summed E-state index contributed by atoms with van der Waals surface area (Å²) in [6, 6.07) is 20.7. The lowest BCUT2D eigenvalue weighted by molar-refractivity contribution is -0.120. The lowest BCUT2D eigenvalue weighted by Gasteiger charge is -2.17. The number of nitrogens with zero attached hydrogens (tertiary/aromatic N) is 1. The molecule has 2 N–H and O–H groups in total. The van der Waals surface area contributed by atoms with E-state index in [9.17, 15) is 14.4 Å². The molecule has 0 fully saturated rings. The van der Waals surface area contributed by atoms with Gasteiger partial charge < -0.3 is 15.4 Å². The molecule has 1 aliphatic heterocycles. The van der Waals surface area contributed by atoms with Crippen molar-refractivity contribution in [3.63, 3.8) is 0 Å². The van der Waals surface area contributed by atoms with Gasteiger partial charge in [-0.2, -0.15) is 0 Å². The molecule has 3 aromatic rings. The SMILES string of the molecule is CCOc1ccc(NC(=O)c2cccc(NC3=C(Cl)C(=O)N(c4ccccc4C)C3=O)c2)cc1. The van der Waals surface area contributed by atoms with Gasteiger partial charge in [0, 0.05) is 16.9 Å². The molecule has 4 rings (SSSR count). The van der Waals surface area contributed by atoms with Crippen LogP contribution < -0.4 is 20.3 Å². The van der Waals surface area contributed by atoms with Gasteiger partial charge in [0.15, 0.2) is 0 Å². The van der Waals surface area contributed by atoms with Crippen molar-refractivity contribution in [1.82, 2.24) is 0 Å². The van der Waals surface area contributed by atoms with E-state index in [1.807, 2.05) is 26.0 Å². The van der Waals surface area contributed by atoms with E-state index in [4.69, 9.17) is 16.3 Å². The summed E-state index contributed by atoms with van der Waals surface area (Å²) in [7, 11) is 0. The first kappa shape index (κ1) is 23.1. The van der Waals surface area contributed by atoms with Gasteiger partial charge in [0.25, 0.3) is 17.7 Å².